The van der Waals surface area contributed by atoms with Crippen molar-refractivity contribution in [2.45, 2.75) is 13.0 Å². The van der Waals surface area contributed by atoms with Crippen LogP contribution in [0.4, 0.5) is 0 Å². The van der Waals surface area contributed by atoms with Gasteiger partial charge in [-0.05, 0) is 19.1 Å². The van der Waals surface area contributed by atoms with E-state index in [-0.39, 0.29) is 0 Å². The van der Waals surface area contributed by atoms with E-state index in [1.54, 1.807) is 6.07 Å². The van der Waals surface area contributed by atoms with Crippen LogP contribution >= 0.6 is 0 Å². The molecular formula is C8H9NO. The fraction of sp³-hybridized carbons (Fsp3) is 0.250. The first-order valence-electron chi connectivity index (χ1n) is 3.02. The molecule has 0 radical (unpaired) electrons. The summed E-state index contributed by atoms with van der Waals surface area (Å²) in [5, 5.41) is 0. The maximum absolute atomic E-state index is 5.48. The van der Waals surface area contributed by atoms with Crippen molar-refractivity contribution >= 4 is 0 Å². The molecule has 0 fully saturated rings. The maximum atomic E-state index is 5.48. The van der Waals surface area contributed by atoms with Crippen LogP contribution in [0.1, 0.15) is 17.6 Å². The monoisotopic (exact) mass is 135 g/mol. The highest BCUT2D eigenvalue weighted by Crippen LogP contribution is 2.12. The van der Waals surface area contributed by atoms with Gasteiger partial charge in [0.05, 0.1) is 0 Å². The van der Waals surface area contributed by atoms with Gasteiger partial charge in [-0.25, -0.2) is 0 Å². The topological polar surface area (TPSA) is 39.2 Å². The highest BCUT2D eigenvalue weighted by Gasteiger charge is 2.04. The molecule has 0 aromatic carbocycles. The van der Waals surface area contributed by atoms with Crippen molar-refractivity contribution in [1.29, 1.82) is 0 Å². The molecule has 52 valence electrons. The van der Waals surface area contributed by atoms with Crippen LogP contribution in [0.5, 0.6) is 0 Å². The summed E-state index contributed by atoms with van der Waals surface area (Å²) in [5.41, 5.74) is 5.48. The van der Waals surface area contributed by atoms with Gasteiger partial charge in [0.15, 0.2) is 0 Å². The van der Waals surface area contributed by atoms with Gasteiger partial charge in [-0.15, -0.1) is 6.42 Å². The molecule has 0 saturated carbocycles. The third-order valence-corrected chi connectivity index (χ3v) is 1.25. The normalized spacial score (nSPS) is 12.5. The molecule has 2 heteroatoms. The number of rotatable bonds is 1. The summed E-state index contributed by atoms with van der Waals surface area (Å²) in [6.07, 6.45) is 5.08. The average molecular weight is 135 g/mol. The molecule has 10 heavy (non-hydrogen) atoms. The number of furan rings is 1. The van der Waals surface area contributed by atoms with Gasteiger partial charge < -0.3 is 10.2 Å². The second kappa shape index (κ2) is 2.59. The van der Waals surface area contributed by atoms with Crippen LogP contribution < -0.4 is 5.73 Å². The summed E-state index contributed by atoms with van der Waals surface area (Å²) in [4.78, 5) is 0. The highest BCUT2D eigenvalue weighted by molar-refractivity contribution is 5.16. The summed E-state index contributed by atoms with van der Waals surface area (Å²) < 4.78 is 5.17. The molecule has 0 aliphatic carbocycles. The summed E-state index contributed by atoms with van der Waals surface area (Å²) in [6.45, 7) is 1.85. The zero-order chi connectivity index (χ0) is 7.56. The van der Waals surface area contributed by atoms with Crippen LogP contribution in [0.15, 0.2) is 16.5 Å². The van der Waals surface area contributed by atoms with E-state index in [4.69, 9.17) is 16.6 Å². The average Bonchev–Trinajstić information content (AvgIpc) is 2.34. The maximum Gasteiger partial charge on any atom is 0.133 e. The van der Waals surface area contributed by atoms with Crippen LogP contribution in [0.2, 0.25) is 0 Å². The molecule has 1 unspecified atom stereocenters. The quantitative estimate of drug-likeness (QED) is 0.588. The molecular weight excluding hydrogens is 126 g/mol. The number of nitrogens with two attached hydrogens (primary N) is 1. The zero-order valence-corrected chi connectivity index (χ0v) is 5.79. The van der Waals surface area contributed by atoms with Gasteiger partial charge in [-0.1, -0.05) is 5.92 Å². The molecule has 1 atom stereocenters. The molecule has 1 aromatic rings. The molecule has 0 bridgehead atoms. The van der Waals surface area contributed by atoms with Crippen molar-refractivity contribution in [2.75, 3.05) is 0 Å². The van der Waals surface area contributed by atoms with Crippen molar-refractivity contribution < 1.29 is 4.42 Å². The minimum Gasteiger partial charge on any atom is -0.464 e. The van der Waals surface area contributed by atoms with E-state index in [2.05, 4.69) is 5.92 Å². The first kappa shape index (κ1) is 6.91. The van der Waals surface area contributed by atoms with Crippen LogP contribution in [0, 0.1) is 19.3 Å². The number of hydrogen-bond donors (Lipinski definition) is 1. The lowest BCUT2D eigenvalue weighted by atomic mass is 10.2. The van der Waals surface area contributed by atoms with Crippen LogP contribution in [0.3, 0.4) is 0 Å². The van der Waals surface area contributed by atoms with Crippen molar-refractivity contribution in [1.82, 2.24) is 0 Å². The highest BCUT2D eigenvalue weighted by atomic mass is 16.3. The van der Waals surface area contributed by atoms with Crippen LogP contribution in [0.25, 0.3) is 0 Å². The van der Waals surface area contributed by atoms with Gasteiger partial charge in [-0.2, -0.15) is 0 Å². The van der Waals surface area contributed by atoms with Gasteiger partial charge in [0.2, 0.25) is 0 Å². The molecule has 1 aromatic heterocycles. The molecule has 0 amide bonds. The largest absolute Gasteiger partial charge is 0.464 e. The van der Waals surface area contributed by atoms with E-state index in [0.29, 0.717) is 5.76 Å². The Balaban J connectivity index is 2.87. The number of hydrogen-bond acceptors (Lipinski definition) is 2. The molecule has 0 saturated heterocycles. The first-order valence-corrected chi connectivity index (χ1v) is 3.02. The predicted molar refractivity (Wildman–Crippen MR) is 39.2 cm³/mol. The van der Waals surface area contributed by atoms with Gasteiger partial charge in [0, 0.05) is 0 Å². The first-order chi connectivity index (χ1) is 4.74. The fourth-order valence-electron chi connectivity index (χ4n) is 0.703. The van der Waals surface area contributed by atoms with Crippen molar-refractivity contribution in [3.8, 4) is 12.3 Å². The lowest BCUT2D eigenvalue weighted by Crippen LogP contribution is -2.05. The summed E-state index contributed by atoms with van der Waals surface area (Å²) in [6, 6.07) is 3.22. The van der Waals surface area contributed by atoms with Crippen LogP contribution in [-0.4, -0.2) is 0 Å². The molecule has 0 aliphatic rings. The Hall–Kier alpha value is -1.20. The van der Waals surface area contributed by atoms with Crippen molar-refractivity contribution in [2.24, 2.45) is 5.73 Å². The lowest BCUT2D eigenvalue weighted by molar-refractivity contribution is 0.473. The zero-order valence-electron chi connectivity index (χ0n) is 5.79. The minimum absolute atomic E-state index is 0.409. The van der Waals surface area contributed by atoms with Gasteiger partial charge >= 0.3 is 0 Å². The van der Waals surface area contributed by atoms with Crippen LogP contribution in [-0.2, 0) is 0 Å². The van der Waals surface area contributed by atoms with Gasteiger partial charge in [-0.3, -0.25) is 0 Å². The Bertz CT molecular complexity index is 256. The third-order valence-electron chi connectivity index (χ3n) is 1.25. The molecule has 0 aliphatic heterocycles. The predicted octanol–water partition coefficient (Wildman–Crippen LogP) is 1.22. The Morgan fingerprint density at radius 3 is 2.80 bits per heavy atom. The summed E-state index contributed by atoms with van der Waals surface area (Å²) in [5.74, 6) is 3.87. The molecule has 2 nitrogen and oxygen atoms in total. The second-order valence-corrected chi connectivity index (χ2v) is 2.09. The Kier molecular flexibility index (Phi) is 1.79. The Morgan fingerprint density at radius 1 is 1.70 bits per heavy atom. The minimum atomic E-state index is -0.409. The number of aryl methyl sites for hydroxylation is 1. The van der Waals surface area contributed by atoms with Crippen molar-refractivity contribution in [3.05, 3.63) is 23.7 Å². The molecule has 2 N–H and O–H groups in total. The van der Waals surface area contributed by atoms with E-state index in [9.17, 15) is 0 Å². The lowest BCUT2D eigenvalue weighted by Gasteiger charge is -1.96. The van der Waals surface area contributed by atoms with Gasteiger partial charge in [0.25, 0.3) is 0 Å². The molecule has 1 rings (SSSR count). The van der Waals surface area contributed by atoms with Gasteiger partial charge in [0.1, 0.15) is 17.6 Å². The second-order valence-electron chi connectivity index (χ2n) is 2.09. The number of terminal acetylenes is 1. The van der Waals surface area contributed by atoms with E-state index in [1.165, 1.54) is 0 Å². The fourth-order valence-corrected chi connectivity index (χ4v) is 0.703. The molecule has 0 spiro atoms. The summed E-state index contributed by atoms with van der Waals surface area (Å²) >= 11 is 0. The summed E-state index contributed by atoms with van der Waals surface area (Å²) in [7, 11) is 0. The third kappa shape index (κ3) is 1.20. The SMILES string of the molecule is C#CC(N)c1ccc(C)o1. The van der Waals surface area contributed by atoms with E-state index in [1.807, 2.05) is 13.0 Å². The van der Waals surface area contributed by atoms with Crippen molar-refractivity contribution in [3.63, 3.8) is 0 Å². The molecule has 1 heterocycles. The van der Waals surface area contributed by atoms with E-state index >= 15 is 0 Å². The standard InChI is InChI=1S/C8H9NO/c1-3-7(9)8-5-4-6(2)10-8/h1,4-5,7H,9H2,2H3. The Labute approximate surface area is 60.0 Å². The smallest absolute Gasteiger partial charge is 0.133 e. The van der Waals surface area contributed by atoms with E-state index in [0.717, 1.165) is 5.76 Å². The Morgan fingerprint density at radius 2 is 2.40 bits per heavy atom. The van der Waals surface area contributed by atoms with E-state index < -0.39 is 6.04 Å².